The van der Waals surface area contributed by atoms with Gasteiger partial charge in [-0.3, -0.25) is 4.79 Å². The minimum absolute atomic E-state index is 0.0425. The number of rotatable bonds is 37. The molecule has 0 aliphatic carbocycles. The monoisotopic (exact) mass is 640 g/mol. The van der Waals surface area contributed by atoms with E-state index in [0.29, 0.717) is 12.8 Å². The molecule has 0 spiro atoms. The molecule has 5 heteroatoms. The van der Waals surface area contributed by atoms with E-state index in [4.69, 9.17) is 0 Å². The van der Waals surface area contributed by atoms with Gasteiger partial charge in [-0.1, -0.05) is 206 Å². The number of unbranched alkanes of at least 4 members (excludes halogenated alkanes) is 28. The predicted molar refractivity (Wildman–Crippen MR) is 195 cm³/mol. The van der Waals surface area contributed by atoms with Gasteiger partial charge in [-0.15, -0.1) is 0 Å². The third-order valence-corrected chi connectivity index (χ3v) is 9.67. The molecule has 0 fully saturated rings. The van der Waals surface area contributed by atoms with Gasteiger partial charge >= 0.3 is 0 Å². The lowest BCUT2D eigenvalue weighted by Crippen LogP contribution is -2.46. The molecule has 0 aliphatic heterocycles. The normalized spacial score (nSPS) is 13.6. The molecular weight excluding hydrogens is 558 g/mol. The Bertz CT molecular complexity index is 587. The summed E-state index contributed by atoms with van der Waals surface area (Å²) >= 11 is 0. The zero-order valence-corrected chi connectivity index (χ0v) is 30.5. The zero-order valence-electron chi connectivity index (χ0n) is 30.5. The topological polar surface area (TPSA) is 89.8 Å². The van der Waals surface area contributed by atoms with E-state index in [1.54, 1.807) is 0 Å². The molecule has 0 aromatic heterocycles. The number of carbonyl (C=O) groups is 1. The summed E-state index contributed by atoms with van der Waals surface area (Å²) in [5.41, 5.74) is 0. The first-order valence-corrected chi connectivity index (χ1v) is 20.3. The fraction of sp³-hybridized carbons (Fsp3) is 0.975. The predicted octanol–water partition coefficient (Wildman–Crippen LogP) is 11.1. The molecule has 0 aromatic carbocycles. The Morgan fingerprint density at radius 2 is 0.756 bits per heavy atom. The van der Waals surface area contributed by atoms with Crippen LogP contribution in [0.4, 0.5) is 0 Å². The van der Waals surface area contributed by atoms with Crippen molar-refractivity contribution in [2.75, 3.05) is 6.61 Å². The highest BCUT2D eigenvalue weighted by Crippen LogP contribution is 2.16. The quantitative estimate of drug-likeness (QED) is 0.0509. The molecular formula is C40H81NO4. The summed E-state index contributed by atoms with van der Waals surface area (Å²) in [4.78, 5) is 12.4. The standard InChI is InChI=1S/C40H81NO4/c1-3-5-7-9-11-13-15-17-19-20-21-23-25-27-29-31-33-37(43)35-40(45)41-38(36-42)39(44)34-32-30-28-26-24-22-18-16-14-12-10-8-6-4-2/h37-39,42-44H,3-36H2,1-2H3,(H,41,45). The van der Waals surface area contributed by atoms with E-state index >= 15 is 0 Å². The largest absolute Gasteiger partial charge is 0.394 e. The number of aliphatic hydroxyl groups excluding tert-OH is 3. The molecule has 0 heterocycles. The lowest BCUT2D eigenvalue weighted by atomic mass is 10.0. The lowest BCUT2D eigenvalue weighted by Gasteiger charge is -2.23. The van der Waals surface area contributed by atoms with Gasteiger partial charge in [0.05, 0.1) is 31.3 Å². The Labute approximate surface area is 281 Å². The van der Waals surface area contributed by atoms with Crippen LogP contribution in [0.1, 0.15) is 226 Å². The highest BCUT2D eigenvalue weighted by Gasteiger charge is 2.21. The summed E-state index contributed by atoms with van der Waals surface area (Å²) in [6.45, 7) is 4.27. The van der Waals surface area contributed by atoms with Crippen molar-refractivity contribution in [3.8, 4) is 0 Å². The van der Waals surface area contributed by atoms with Crippen LogP contribution >= 0.6 is 0 Å². The van der Waals surface area contributed by atoms with Crippen molar-refractivity contribution in [2.24, 2.45) is 0 Å². The second kappa shape index (κ2) is 36.2. The van der Waals surface area contributed by atoms with Gasteiger partial charge in [0.2, 0.25) is 5.91 Å². The van der Waals surface area contributed by atoms with Crippen LogP contribution < -0.4 is 5.32 Å². The Hall–Kier alpha value is -0.650. The van der Waals surface area contributed by atoms with Gasteiger partial charge in [-0.2, -0.15) is 0 Å². The molecule has 4 N–H and O–H groups in total. The Kier molecular flexibility index (Phi) is 35.7. The van der Waals surface area contributed by atoms with Crippen LogP contribution in [0.3, 0.4) is 0 Å². The summed E-state index contributed by atoms with van der Waals surface area (Å²) in [6, 6.07) is -0.651. The summed E-state index contributed by atoms with van der Waals surface area (Å²) in [6.07, 6.45) is 39.1. The van der Waals surface area contributed by atoms with Crippen LogP contribution in [0, 0.1) is 0 Å². The highest BCUT2D eigenvalue weighted by molar-refractivity contribution is 5.76. The van der Waals surface area contributed by atoms with Crippen molar-refractivity contribution >= 4 is 5.91 Å². The summed E-state index contributed by atoms with van der Waals surface area (Å²) in [5, 5.41) is 33.3. The molecule has 3 unspecified atom stereocenters. The van der Waals surface area contributed by atoms with Crippen LogP contribution in [0.2, 0.25) is 0 Å². The lowest BCUT2D eigenvalue weighted by molar-refractivity contribution is -0.125. The fourth-order valence-electron chi connectivity index (χ4n) is 6.52. The van der Waals surface area contributed by atoms with Crippen LogP contribution in [-0.2, 0) is 4.79 Å². The van der Waals surface area contributed by atoms with Crippen molar-refractivity contribution < 1.29 is 20.1 Å². The maximum absolute atomic E-state index is 12.4. The number of carbonyl (C=O) groups excluding carboxylic acids is 1. The maximum Gasteiger partial charge on any atom is 0.222 e. The van der Waals surface area contributed by atoms with Crippen LogP contribution in [0.25, 0.3) is 0 Å². The van der Waals surface area contributed by atoms with Crippen molar-refractivity contribution in [1.29, 1.82) is 0 Å². The smallest absolute Gasteiger partial charge is 0.222 e. The van der Waals surface area contributed by atoms with E-state index in [1.807, 2.05) is 0 Å². The van der Waals surface area contributed by atoms with E-state index in [2.05, 4.69) is 19.2 Å². The second-order valence-corrected chi connectivity index (χ2v) is 14.3. The zero-order chi connectivity index (χ0) is 33.1. The van der Waals surface area contributed by atoms with E-state index in [1.165, 1.54) is 167 Å². The Morgan fingerprint density at radius 3 is 1.07 bits per heavy atom. The van der Waals surface area contributed by atoms with Crippen LogP contribution in [-0.4, -0.2) is 46.1 Å². The van der Waals surface area contributed by atoms with Crippen LogP contribution in [0.5, 0.6) is 0 Å². The first kappa shape index (κ1) is 44.4. The van der Waals surface area contributed by atoms with Crippen molar-refractivity contribution in [3.63, 3.8) is 0 Å². The van der Waals surface area contributed by atoms with Crippen molar-refractivity contribution in [2.45, 2.75) is 244 Å². The SMILES string of the molecule is CCCCCCCCCCCCCCCCCCC(O)CC(=O)NC(CO)C(O)CCCCCCCCCCCCCCCC. The molecule has 0 saturated carbocycles. The fourth-order valence-corrected chi connectivity index (χ4v) is 6.52. The molecule has 5 nitrogen and oxygen atoms in total. The highest BCUT2D eigenvalue weighted by atomic mass is 16.3. The Balaban J connectivity index is 3.61. The van der Waals surface area contributed by atoms with Gasteiger partial charge in [-0.25, -0.2) is 0 Å². The van der Waals surface area contributed by atoms with Gasteiger partial charge < -0.3 is 20.6 Å². The first-order chi connectivity index (χ1) is 22.0. The average Bonchev–Trinajstić information content (AvgIpc) is 3.03. The molecule has 45 heavy (non-hydrogen) atoms. The number of amides is 1. The minimum atomic E-state index is -0.742. The molecule has 3 atom stereocenters. The molecule has 0 radical (unpaired) electrons. The summed E-state index contributed by atoms with van der Waals surface area (Å²) < 4.78 is 0. The van der Waals surface area contributed by atoms with Crippen LogP contribution in [0.15, 0.2) is 0 Å². The third kappa shape index (κ3) is 33.1. The molecule has 0 rings (SSSR count). The van der Waals surface area contributed by atoms with Crippen molar-refractivity contribution in [1.82, 2.24) is 5.32 Å². The number of nitrogens with one attached hydrogen (secondary N) is 1. The van der Waals surface area contributed by atoms with E-state index in [9.17, 15) is 20.1 Å². The Morgan fingerprint density at radius 1 is 0.467 bits per heavy atom. The van der Waals surface area contributed by atoms with Gasteiger partial charge in [0.15, 0.2) is 0 Å². The molecule has 270 valence electrons. The van der Waals surface area contributed by atoms with Crippen molar-refractivity contribution in [3.05, 3.63) is 0 Å². The van der Waals surface area contributed by atoms with E-state index in [-0.39, 0.29) is 18.9 Å². The first-order valence-electron chi connectivity index (χ1n) is 20.3. The molecule has 0 bridgehead atoms. The molecule has 0 aromatic rings. The number of aliphatic hydroxyl groups is 3. The van der Waals surface area contributed by atoms with E-state index in [0.717, 1.165) is 25.7 Å². The number of hydrogen-bond acceptors (Lipinski definition) is 4. The van der Waals surface area contributed by atoms with Gasteiger partial charge in [0, 0.05) is 0 Å². The summed E-state index contributed by atoms with van der Waals surface area (Å²) in [7, 11) is 0. The molecule has 1 amide bonds. The minimum Gasteiger partial charge on any atom is -0.394 e. The summed E-state index contributed by atoms with van der Waals surface area (Å²) in [5.74, 6) is -0.280. The second-order valence-electron chi connectivity index (χ2n) is 14.3. The third-order valence-electron chi connectivity index (χ3n) is 9.67. The maximum atomic E-state index is 12.4. The number of hydrogen-bond donors (Lipinski definition) is 4. The molecule has 0 aliphatic rings. The van der Waals surface area contributed by atoms with Gasteiger partial charge in [-0.05, 0) is 12.8 Å². The van der Waals surface area contributed by atoms with E-state index < -0.39 is 18.2 Å². The average molecular weight is 640 g/mol. The van der Waals surface area contributed by atoms with Gasteiger partial charge in [0.1, 0.15) is 0 Å². The molecule has 0 saturated heterocycles. The van der Waals surface area contributed by atoms with Gasteiger partial charge in [0.25, 0.3) is 0 Å².